The molecule has 4 rings (SSSR count). The summed E-state index contributed by atoms with van der Waals surface area (Å²) >= 11 is 0. The molecule has 124 valence electrons. The minimum atomic E-state index is -3.49. The third-order valence-corrected chi connectivity index (χ3v) is 6.87. The standard InChI is InChI=1S/C16H21N3O3S/c1-16(17-18-16)15-11-19(8-9-22-15)23(20,21)14-7-6-12-4-2-3-5-13(12)10-14/h6-7,10,15H,2-5,8-9,11H2,1H3. The third-order valence-electron chi connectivity index (χ3n) is 5.01. The lowest BCUT2D eigenvalue weighted by molar-refractivity contribution is -0.0225. The van der Waals surface area contributed by atoms with Gasteiger partial charge in [0.05, 0.1) is 11.5 Å². The third kappa shape index (κ3) is 2.70. The van der Waals surface area contributed by atoms with Gasteiger partial charge in [-0.15, -0.1) is 0 Å². The first kappa shape index (κ1) is 15.2. The van der Waals surface area contributed by atoms with Gasteiger partial charge in [-0.2, -0.15) is 14.5 Å². The molecular formula is C16H21N3O3S. The summed E-state index contributed by atoms with van der Waals surface area (Å²) in [4.78, 5) is 0.397. The number of nitrogens with zero attached hydrogens (tertiary/aromatic N) is 3. The van der Waals surface area contributed by atoms with Crippen molar-refractivity contribution in [2.24, 2.45) is 10.2 Å². The van der Waals surface area contributed by atoms with Gasteiger partial charge in [-0.05, 0) is 55.9 Å². The van der Waals surface area contributed by atoms with Crippen molar-refractivity contribution in [3.63, 3.8) is 0 Å². The van der Waals surface area contributed by atoms with E-state index >= 15 is 0 Å². The lowest BCUT2D eigenvalue weighted by Crippen LogP contribution is -2.50. The lowest BCUT2D eigenvalue weighted by atomic mass is 9.92. The molecule has 1 unspecified atom stereocenters. The number of ether oxygens (including phenoxy) is 1. The quantitative estimate of drug-likeness (QED) is 0.849. The second-order valence-electron chi connectivity index (χ2n) is 6.65. The number of fused-ring (bicyclic) bond motifs is 1. The van der Waals surface area contributed by atoms with E-state index in [2.05, 4.69) is 10.2 Å². The van der Waals surface area contributed by atoms with E-state index in [1.165, 1.54) is 21.9 Å². The second kappa shape index (κ2) is 5.36. The average Bonchev–Trinajstić information content (AvgIpc) is 3.33. The summed E-state index contributed by atoms with van der Waals surface area (Å²) in [5.74, 6) is 0. The normalized spacial score (nSPS) is 26.7. The van der Waals surface area contributed by atoms with Crippen LogP contribution in [0.1, 0.15) is 30.9 Å². The van der Waals surface area contributed by atoms with Crippen LogP contribution in [0.3, 0.4) is 0 Å². The van der Waals surface area contributed by atoms with Gasteiger partial charge >= 0.3 is 0 Å². The molecule has 23 heavy (non-hydrogen) atoms. The summed E-state index contributed by atoms with van der Waals surface area (Å²) in [5, 5.41) is 7.97. The highest BCUT2D eigenvalue weighted by molar-refractivity contribution is 7.89. The van der Waals surface area contributed by atoms with Crippen LogP contribution in [-0.4, -0.2) is 44.2 Å². The Morgan fingerprint density at radius 1 is 1.22 bits per heavy atom. The molecule has 0 saturated carbocycles. The Balaban J connectivity index is 1.59. The van der Waals surface area contributed by atoms with Crippen LogP contribution in [0, 0.1) is 0 Å². The summed E-state index contributed by atoms with van der Waals surface area (Å²) in [5.41, 5.74) is 1.91. The fourth-order valence-corrected chi connectivity index (χ4v) is 4.88. The number of benzene rings is 1. The zero-order valence-electron chi connectivity index (χ0n) is 13.2. The van der Waals surface area contributed by atoms with E-state index in [0.29, 0.717) is 24.6 Å². The van der Waals surface area contributed by atoms with E-state index in [0.717, 1.165) is 19.3 Å². The molecule has 6 nitrogen and oxygen atoms in total. The Morgan fingerprint density at radius 2 is 1.96 bits per heavy atom. The molecule has 3 aliphatic rings. The van der Waals surface area contributed by atoms with Crippen LogP contribution in [0.15, 0.2) is 33.3 Å². The molecule has 0 amide bonds. The van der Waals surface area contributed by atoms with Crippen molar-refractivity contribution in [1.82, 2.24) is 4.31 Å². The number of sulfonamides is 1. The van der Waals surface area contributed by atoms with E-state index in [1.807, 2.05) is 19.1 Å². The summed E-state index contributed by atoms with van der Waals surface area (Å²) < 4.78 is 33.1. The molecule has 1 aromatic rings. The predicted molar refractivity (Wildman–Crippen MR) is 84.8 cm³/mol. The summed E-state index contributed by atoms with van der Waals surface area (Å²) in [6.07, 6.45) is 4.06. The van der Waals surface area contributed by atoms with Crippen molar-refractivity contribution >= 4 is 10.0 Å². The lowest BCUT2D eigenvalue weighted by Gasteiger charge is -2.33. The molecular weight excluding hydrogens is 314 g/mol. The molecule has 1 saturated heterocycles. The molecule has 2 aliphatic heterocycles. The minimum absolute atomic E-state index is 0.288. The smallest absolute Gasteiger partial charge is 0.243 e. The topological polar surface area (TPSA) is 71.3 Å². The fourth-order valence-electron chi connectivity index (χ4n) is 3.40. The van der Waals surface area contributed by atoms with Crippen molar-refractivity contribution in [2.75, 3.05) is 19.7 Å². The maximum atomic E-state index is 13.0. The fraction of sp³-hybridized carbons (Fsp3) is 0.625. The zero-order valence-corrected chi connectivity index (χ0v) is 14.1. The molecule has 2 heterocycles. The van der Waals surface area contributed by atoms with Gasteiger partial charge in [0.15, 0.2) is 0 Å². The molecule has 0 bridgehead atoms. The largest absolute Gasteiger partial charge is 0.371 e. The van der Waals surface area contributed by atoms with Gasteiger partial charge in [-0.1, -0.05) is 6.07 Å². The number of aryl methyl sites for hydroxylation is 2. The molecule has 1 atom stereocenters. The summed E-state index contributed by atoms with van der Waals surface area (Å²) in [6, 6.07) is 5.59. The number of rotatable bonds is 3. The predicted octanol–water partition coefficient (Wildman–Crippen LogP) is 2.14. The average molecular weight is 335 g/mol. The Bertz CT molecular complexity index is 754. The first-order chi connectivity index (χ1) is 11.0. The van der Waals surface area contributed by atoms with Gasteiger partial charge in [0.1, 0.15) is 6.10 Å². The van der Waals surface area contributed by atoms with Crippen LogP contribution in [0.2, 0.25) is 0 Å². The molecule has 1 fully saturated rings. The number of hydrogen-bond acceptors (Lipinski definition) is 5. The van der Waals surface area contributed by atoms with E-state index < -0.39 is 15.7 Å². The second-order valence-corrected chi connectivity index (χ2v) is 8.59. The molecule has 1 aromatic carbocycles. The number of morpholine rings is 1. The highest BCUT2D eigenvalue weighted by atomic mass is 32.2. The molecule has 0 aromatic heterocycles. The van der Waals surface area contributed by atoms with Crippen LogP contribution in [0.25, 0.3) is 0 Å². The van der Waals surface area contributed by atoms with E-state index in [1.54, 1.807) is 6.07 Å². The Hall–Kier alpha value is -1.31. The first-order valence-corrected chi connectivity index (χ1v) is 9.61. The zero-order chi connectivity index (χ0) is 16.1. The van der Waals surface area contributed by atoms with Crippen LogP contribution in [0.4, 0.5) is 0 Å². The van der Waals surface area contributed by atoms with Gasteiger partial charge < -0.3 is 4.74 Å². The molecule has 7 heteroatoms. The maximum Gasteiger partial charge on any atom is 0.243 e. The monoisotopic (exact) mass is 335 g/mol. The summed E-state index contributed by atoms with van der Waals surface area (Å²) in [7, 11) is -3.49. The Morgan fingerprint density at radius 3 is 2.70 bits per heavy atom. The summed E-state index contributed by atoms with van der Waals surface area (Å²) in [6.45, 7) is 2.94. The molecule has 1 aliphatic carbocycles. The SMILES string of the molecule is CC1(C2CN(S(=O)(=O)c3ccc4c(c3)CCCC4)CCO2)N=N1. The highest BCUT2D eigenvalue weighted by Crippen LogP contribution is 2.35. The van der Waals surface area contributed by atoms with E-state index in [4.69, 9.17) is 4.74 Å². The van der Waals surface area contributed by atoms with Gasteiger partial charge in [-0.25, -0.2) is 8.42 Å². The van der Waals surface area contributed by atoms with Gasteiger partial charge in [-0.3, -0.25) is 0 Å². The van der Waals surface area contributed by atoms with E-state index in [-0.39, 0.29) is 6.10 Å². The van der Waals surface area contributed by atoms with Crippen molar-refractivity contribution in [1.29, 1.82) is 0 Å². The van der Waals surface area contributed by atoms with Crippen molar-refractivity contribution in [3.05, 3.63) is 29.3 Å². The van der Waals surface area contributed by atoms with Crippen molar-refractivity contribution in [2.45, 2.75) is 49.3 Å². The van der Waals surface area contributed by atoms with Crippen LogP contribution < -0.4 is 0 Å². The molecule has 0 spiro atoms. The van der Waals surface area contributed by atoms with E-state index in [9.17, 15) is 8.42 Å². The van der Waals surface area contributed by atoms with Crippen molar-refractivity contribution in [3.8, 4) is 0 Å². The van der Waals surface area contributed by atoms with Gasteiger partial charge in [0.25, 0.3) is 0 Å². The number of hydrogen-bond donors (Lipinski definition) is 0. The van der Waals surface area contributed by atoms with Crippen molar-refractivity contribution < 1.29 is 13.2 Å². The van der Waals surface area contributed by atoms with Crippen LogP contribution >= 0.6 is 0 Å². The Labute approximate surface area is 136 Å². The maximum absolute atomic E-state index is 13.0. The highest BCUT2D eigenvalue weighted by Gasteiger charge is 2.48. The van der Waals surface area contributed by atoms with Crippen LogP contribution in [0.5, 0.6) is 0 Å². The molecule has 0 radical (unpaired) electrons. The first-order valence-electron chi connectivity index (χ1n) is 8.17. The van der Waals surface area contributed by atoms with Gasteiger partial charge in [0.2, 0.25) is 15.7 Å². The Kier molecular flexibility index (Phi) is 3.55. The van der Waals surface area contributed by atoms with Crippen LogP contribution in [-0.2, 0) is 27.6 Å². The minimum Gasteiger partial charge on any atom is -0.371 e. The molecule has 0 N–H and O–H groups in total. The van der Waals surface area contributed by atoms with Gasteiger partial charge in [0, 0.05) is 13.1 Å².